The summed E-state index contributed by atoms with van der Waals surface area (Å²) in [5.41, 5.74) is 0.323. The number of rotatable bonds is 4. The molecule has 1 N–H and O–H groups in total. The Morgan fingerprint density at radius 1 is 1.15 bits per heavy atom. The van der Waals surface area contributed by atoms with Gasteiger partial charge in [-0.25, -0.2) is 0 Å². The number of carbonyl (C=O) groups is 2. The molecule has 0 heterocycles. The Bertz CT molecular complexity index is 837. The van der Waals surface area contributed by atoms with E-state index in [0.29, 0.717) is 10.7 Å². The van der Waals surface area contributed by atoms with Gasteiger partial charge in [-0.2, -0.15) is 13.2 Å². The van der Waals surface area contributed by atoms with Crippen molar-refractivity contribution in [2.24, 2.45) is 0 Å². The van der Waals surface area contributed by atoms with E-state index in [1.54, 1.807) is 25.1 Å². The van der Waals surface area contributed by atoms with E-state index < -0.39 is 30.1 Å². The van der Waals surface area contributed by atoms with Crippen LogP contribution < -0.4 is 10.2 Å². The molecule has 0 aliphatic carbocycles. The molecule has 0 aliphatic rings. The lowest BCUT2D eigenvalue weighted by Crippen LogP contribution is -2.36. The van der Waals surface area contributed by atoms with Gasteiger partial charge in [-0.15, -0.1) is 0 Å². The van der Waals surface area contributed by atoms with Gasteiger partial charge in [0.15, 0.2) is 0 Å². The van der Waals surface area contributed by atoms with Crippen LogP contribution in [0.2, 0.25) is 5.02 Å². The zero-order chi connectivity index (χ0) is 19.5. The van der Waals surface area contributed by atoms with Crippen molar-refractivity contribution in [2.75, 3.05) is 16.8 Å². The summed E-state index contributed by atoms with van der Waals surface area (Å²) in [6, 6.07) is 9.19. The number of carbonyl (C=O) groups excluding carboxylic acids is 2. The summed E-state index contributed by atoms with van der Waals surface area (Å²) in [4.78, 5) is 25.1. The van der Waals surface area contributed by atoms with E-state index in [0.717, 1.165) is 22.6 Å². The normalized spacial score (nSPS) is 11.2. The molecule has 0 bridgehead atoms. The third kappa shape index (κ3) is 4.98. The van der Waals surface area contributed by atoms with Crippen molar-refractivity contribution >= 4 is 34.8 Å². The molecule has 2 rings (SSSR count). The largest absolute Gasteiger partial charge is 0.416 e. The van der Waals surface area contributed by atoms with Crippen molar-refractivity contribution in [3.8, 4) is 0 Å². The highest BCUT2D eigenvalue weighted by Gasteiger charge is 2.31. The van der Waals surface area contributed by atoms with Crippen LogP contribution in [-0.2, 0) is 15.8 Å². The number of anilines is 2. The molecular formula is C18H16ClF3N2O2. The van der Waals surface area contributed by atoms with Gasteiger partial charge in [0, 0.05) is 23.3 Å². The van der Waals surface area contributed by atoms with Crippen molar-refractivity contribution in [1.29, 1.82) is 0 Å². The standard InChI is InChI=1S/C18H16ClF3N2O2/c1-11-6-7-14(19)9-16(11)23-17(26)10-24(12(2)25)15-5-3-4-13(8-15)18(20,21)22/h3-9H,10H2,1-2H3,(H,23,26). The van der Waals surface area contributed by atoms with E-state index in [4.69, 9.17) is 11.6 Å². The maximum atomic E-state index is 12.9. The molecule has 0 aliphatic heterocycles. The Morgan fingerprint density at radius 2 is 1.85 bits per heavy atom. The molecule has 0 spiro atoms. The van der Waals surface area contributed by atoms with Gasteiger partial charge in [0.2, 0.25) is 11.8 Å². The van der Waals surface area contributed by atoms with Crippen LogP contribution in [0.5, 0.6) is 0 Å². The topological polar surface area (TPSA) is 49.4 Å². The maximum Gasteiger partial charge on any atom is 0.416 e. The summed E-state index contributed by atoms with van der Waals surface area (Å²) in [6.07, 6.45) is -4.54. The summed E-state index contributed by atoms with van der Waals surface area (Å²) in [7, 11) is 0. The smallest absolute Gasteiger partial charge is 0.324 e. The highest BCUT2D eigenvalue weighted by atomic mass is 35.5. The Labute approximate surface area is 153 Å². The van der Waals surface area contributed by atoms with Crippen molar-refractivity contribution in [3.05, 3.63) is 58.6 Å². The second-order valence-electron chi connectivity index (χ2n) is 5.66. The van der Waals surface area contributed by atoms with E-state index in [1.807, 2.05) is 0 Å². The fraction of sp³-hybridized carbons (Fsp3) is 0.222. The van der Waals surface area contributed by atoms with Gasteiger partial charge in [-0.3, -0.25) is 9.59 Å². The van der Waals surface area contributed by atoms with E-state index >= 15 is 0 Å². The van der Waals surface area contributed by atoms with Gasteiger partial charge in [-0.1, -0.05) is 23.7 Å². The number of benzene rings is 2. The molecule has 0 radical (unpaired) electrons. The number of halogens is 4. The van der Waals surface area contributed by atoms with Crippen molar-refractivity contribution < 1.29 is 22.8 Å². The SMILES string of the molecule is CC(=O)N(CC(=O)Nc1cc(Cl)ccc1C)c1cccc(C(F)(F)F)c1. The molecule has 0 fully saturated rings. The molecule has 0 atom stereocenters. The number of amides is 2. The summed E-state index contributed by atoms with van der Waals surface area (Å²) in [5.74, 6) is -1.11. The summed E-state index contributed by atoms with van der Waals surface area (Å²) < 4.78 is 38.6. The van der Waals surface area contributed by atoms with Crippen molar-refractivity contribution in [1.82, 2.24) is 0 Å². The number of hydrogen-bond donors (Lipinski definition) is 1. The molecule has 0 saturated carbocycles. The highest BCUT2D eigenvalue weighted by molar-refractivity contribution is 6.31. The second kappa shape index (κ2) is 7.78. The van der Waals surface area contributed by atoms with Crippen LogP contribution in [0, 0.1) is 6.92 Å². The first kappa shape index (κ1) is 19.8. The lowest BCUT2D eigenvalue weighted by atomic mass is 10.1. The first-order valence-electron chi connectivity index (χ1n) is 7.59. The fourth-order valence-corrected chi connectivity index (χ4v) is 2.47. The van der Waals surface area contributed by atoms with Crippen LogP contribution in [0.1, 0.15) is 18.1 Å². The molecular weight excluding hydrogens is 369 g/mol. The second-order valence-corrected chi connectivity index (χ2v) is 6.10. The van der Waals surface area contributed by atoms with Crippen LogP contribution in [-0.4, -0.2) is 18.4 Å². The summed E-state index contributed by atoms with van der Waals surface area (Å²) in [6.45, 7) is 2.52. The third-order valence-electron chi connectivity index (χ3n) is 3.64. The van der Waals surface area contributed by atoms with E-state index in [1.165, 1.54) is 19.1 Å². The predicted octanol–water partition coefficient (Wildman–Crippen LogP) is 4.66. The van der Waals surface area contributed by atoms with Crippen LogP contribution in [0.4, 0.5) is 24.5 Å². The molecule has 2 aromatic rings. The Kier molecular flexibility index (Phi) is 5.92. The van der Waals surface area contributed by atoms with Crippen molar-refractivity contribution in [3.63, 3.8) is 0 Å². The lowest BCUT2D eigenvalue weighted by Gasteiger charge is -2.22. The average Bonchev–Trinajstić information content (AvgIpc) is 2.55. The summed E-state index contributed by atoms with van der Waals surface area (Å²) in [5, 5.41) is 3.03. The van der Waals surface area contributed by atoms with Crippen LogP contribution >= 0.6 is 11.6 Å². The monoisotopic (exact) mass is 384 g/mol. The molecule has 26 heavy (non-hydrogen) atoms. The predicted molar refractivity (Wildman–Crippen MR) is 94.3 cm³/mol. The van der Waals surface area contributed by atoms with Crippen LogP contribution in [0.25, 0.3) is 0 Å². The van der Waals surface area contributed by atoms with Gasteiger partial charge < -0.3 is 10.2 Å². The first-order valence-corrected chi connectivity index (χ1v) is 7.97. The minimum Gasteiger partial charge on any atom is -0.324 e. The fourth-order valence-electron chi connectivity index (χ4n) is 2.30. The van der Waals surface area contributed by atoms with E-state index in [2.05, 4.69) is 5.32 Å². The number of hydrogen-bond acceptors (Lipinski definition) is 2. The Balaban J connectivity index is 2.22. The minimum absolute atomic E-state index is 0.00899. The van der Waals surface area contributed by atoms with Gasteiger partial charge >= 0.3 is 6.18 Å². The maximum absolute atomic E-state index is 12.9. The molecule has 0 unspecified atom stereocenters. The molecule has 2 aromatic carbocycles. The van der Waals surface area contributed by atoms with Crippen LogP contribution in [0.3, 0.4) is 0 Å². The Hall–Kier alpha value is -2.54. The van der Waals surface area contributed by atoms with Crippen molar-refractivity contribution in [2.45, 2.75) is 20.0 Å². The third-order valence-corrected chi connectivity index (χ3v) is 3.88. The van der Waals surface area contributed by atoms with Gasteiger partial charge in [0.1, 0.15) is 6.54 Å². The zero-order valence-corrected chi connectivity index (χ0v) is 14.8. The molecule has 138 valence electrons. The molecule has 0 saturated heterocycles. The average molecular weight is 385 g/mol. The quantitative estimate of drug-likeness (QED) is 0.833. The molecule has 2 amide bonds. The van der Waals surface area contributed by atoms with E-state index in [-0.39, 0.29) is 5.69 Å². The van der Waals surface area contributed by atoms with Gasteiger partial charge in [-0.05, 0) is 42.8 Å². The zero-order valence-electron chi connectivity index (χ0n) is 14.0. The first-order chi connectivity index (χ1) is 12.1. The van der Waals surface area contributed by atoms with E-state index in [9.17, 15) is 22.8 Å². The van der Waals surface area contributed by atoms with Gasteiger partial charge in [0.25, 0.3) is 0 Å². The molecule has 0 aromatic heterocycles. The summed E-state index contributed by atoms with van der Waals surface area (Å²) >= 11 is 5.89. The number of alkyl halides is 3. The lowest BCUT2D eigenvalue weighted by molar-refractivity contribution is -0.137. The number of nitrogens with zero attached hydrogens (tertiary/aromatic N) is 1. The molecule has 4 nitrogen and oxygen atoms in total. The number of aryl methyl sites for hydroxylation is 1. The number of nitrogens with one attached hydrogen (secondary N) is 1. The minimum atomic E-state index is -4.54. The Morgan fingerprint density at radius 3 is 2.46 bits per heavy atom. The van der Waals surface area contributed by atoms with Gasteiger partial charge in [0.05, 0.1) is 5.56 Å². The van der Waals surface area contributed by atoms with Crippen LogP contribution in [0.15, 0.2) is 42.5 Å². The highest BCUT2D eigenvalue weighted by Crippen LogP contribution is 2.31. The molecule has 8 heteroatoms.